The van der Waals surface area contributed by atoms with Crippen LogP contribution in [0.4, 0.5) is 0 Å². The summed E-state index contributed by atoms with van der Waals surface area (Å²) in [5, 5.41) is 19.0. The zero-order chi connectivity index (χ0) is 14.3. The Labute approximate surface area is 123 Å². The summed E-state index contributed by atoms with van der Waals surface area (Å²) in [5.74, 6) is -0.223. The molecule has 0 aliphatic carbocycles. The van der Waals surface area contributed by atoms with Gasteiger partial charge in [-0.3, -0.25) is 4.79 Å². The molecule has 0 bridgehead atoms. The van der Waals surface area contributed by atoms with E-state index in [0.29, 0.717) is 17.5 Å². The third-order valence-corrected chi connectivity index (χ3v) is 4.04. The number of hydrogen-bond acceptors (Lipinski definition) is 4. The van der Waals surface area contributed by atoms with Crippen LogP contribution in [0.2, 0.25) is 0 Å². The second-order valence-electron chi connectivity index (χ2n) is 4.94. The minimum absolute atomic E-state index is 0.152. The maximum absolute atomic E-state index is 12.7. The van der Waals surface area contributed by atoms with Crippen LogP contribution < -0.4 is 0 Å². The number of aromatic amines is 1. The molecule has 0 unspecified atom stereocenters. The maximum atomic E-state index is 12.7. The fraction of sp³-hybridized carbons (Fsp3) is 0.385. The number of nitrogens with zero attached hydrogens (tertiary/aromatic N) is 2. The number of benzene rings is 1. The quantitative estimate of drug-likeness (QED) is 0.758. The first-order valence-corrected chi connectivity index (χ1v) is 7.12. The first-order valence-electron chi connectivity index (χ1n) is 6.32. The van der Waals surface area contributed by atoms with Crippen molar-refractivity contribution < 1.29 is 15.0 Å². The Hall–Kier alpha value is -1.44. The molecule has 3 rings (SSSR count). The van der Waals surface area contributed by atoms with Gasteiger partial charge in [-0.2, -0.15) is 0 Å². The molecule has 20 heavy (non-hydrogen) atoms. The maximum Gasteiger partial charge on any atom is 0.256 e. The highest BCUT2D eigenvalue weighted by Crippen LogP contribution is 2.26. The molecule has 1 aliphatic rings. The number of H-pyrrole nitrogens is 1. The van der Waals surface area contributed by atoms with Gasteiger partial charge in [-0.05, 0) is 18.6 Å². The average Bonchev–Trinajstić information content (AvgIpc) is 3.02. The summed E-state index contributed by atoms with van der Waals surface area (Å²) in [6, 6.07) is 3.22. The third-order valence-electron chi connectivity index (χ3n) is 3.58. The van der Waals surface area contributed by atoms with Gasteiger partial charge in [0.25, 0.3) is 5.91 Å². The van der Waals surface area contributed by atoms with Crippen LogP contribution in [0.25, 0.3) is 11.0 Å². The van der Waals surface area contributed by atoms with Crippen molar-refractivity contribution in [2.45, 2.75) is 18.6 Å². The molecule has 1 amide bonds. The Morgan fingerprint density at radius 1 is 1.55 bits per heavy atom. The summed E-state index contributed by atoms with van der Waals surface area (Å²) >= 11 is 3.37. The molecule has 7 heteroatoms. The molecule has 1 aromatic heterocycles. The van der Waals surface area contributed by atoms with Gasteiger partial charge in [-0.15, -0.1) is 0 Å². The van der Waals surface area contributed by atoms with Crippen LogP contribution in [0.1, 0.15) is 16.8 Å². The number of carbonyl (C=O) groups excluding carboxylic acids is 1. The van der Waals surface area contributed by atoms with E-state index in [4.69, 9.17) is 0 Å². The fourth-order valence-corrected chi connectivity index (χ4v) is 3.10. The van der Waals surface area contributed by atoms with E-state index in [2.05, 4.69) is 25.9 Å². The molecule has 0 spiro atoms. The van der Waals surface area contributed by atoms with Gasteiger partial charge < -0.3 is 20.1 Å². The van der Waals surface area contributed by atoms with Crippen LogP contribution in [-0.2, 0) is 0 Å². The van der Waals surface area contributed by atoms with E-state index in [-0.39, 0.29) is 25.1 Å². The lowest BCUT2D eigenvalue weighted by Crippen LogP contribution is -2.38. The van der Waals surface area contributed by atoms with Gasteiger partial charge in [-0.25, -0.2) is 4.98 Å². The Morgan fingerprint density at radius 3 is 3.10 bits per heavy atom. The van der Waals surface area contributed by atoms with Crippen molar-refractivity contribution in [3.8, 4) is 0 Å². The number of hydrogen-bond donors (Lipinski definition) is 3. The molecule has 1 fully saturated rings. The molecule has 3 N–H and O–H groups in total. The summed E-state index contributed by atoms with van der Waals surface area (Å²) in [6.07, 6.45) is 1.36. The van der Waals surface area contributed by atoms with Crippen LogP contribution in [0.3, 0.4) is 0 Å². The Kier molecular flexibility index (Phi) is 3.49. The van der Waals surface area contributed by atoms with Crippen LogP contribution in [-0.4, -0.2) is 56.3 Å². The number of likely N-dealkylation sites (tertiary alicyclic amines) is 1. The number of aromatic nitrogens is 2. The summed E-state index contributed by atoms with van der Waals surface area (Å²) in [4.78, 5) is 21.3. The van der Waals surface area contributed by atoms with Gasteiger partial charge >= 0.3 is 0 Å². The number of aliphatic hydroxyl groups excluding tert-OH is 2. The largest absolute Gasteiger partial charge is 0.394 e. The number of aliphatic hydroxyl groups is 2. The number of nitrogens with one attached hydrogen (secondary N) is 1. The average molecular weight is 340 g/mol. The summed E-state index contributed by atoms with van der Waals surface area (Å²) in [7, 11) is 0. The van der Waals surface area contributed by atoms with Gasteiger partial charge in [0.15, 0.2) is 0 Å². The monoisotopic (exact) mass is 339 g/mol. The van der Waals surface area contributed by atoms with Gasteiger partial charge in [0.2, 0.25) is 0 Å². The zero-order valence-corrected chi connectivity index (χ0v) is 12.2. The Balaban J connectivity index is 2.02. The second kappa shape index (κ2) is 5.16. The highest BCUT2D eigenvalue weighted by molar-refractivity contribution is 9.10. The predicted molar refractivity (Wildman–Crippen MR) is 76.3 cm³/mol. The first-order chi connectivity index (χ1) is 9.60. The summed E-state index contributed by atoms with van der Waals surface area (Å²) in [6.45, 7) is 0.0863. The third kappa shape index (κ3) is 2.21. The van der Waals surface area contributed by atoms with Gasteiger partial charge in [-0.1, -0.05) is 15.9 Å². The van der Waals surface area contributed by atoms with Gasteiger partial charge in [0.1, 0.15) is 5.52 Å². The molecule has 0 saturated carbocycles. The van der Waals surface area contributed by atoms with Crippen molar-refractivity contribution in [1.29, 1.82) is 0 Å². The molecule has 1 aliphatic heterocycles. The number of rotatable bonds is 2. The molecule has 6 nitrogen and oxygen atoms in total. The van der Waals surface area contributed by atoms with E-state index >= 15 is 0 Å². The van der Waals surface area contributed by atoms with Crippen LogP contribution >= 0.6 is 15.9 Å². The van der Waals surface area contributed by atoms with E-state index in [1.807, 2.05) is 6.07 Å². The number of amides is 1. The topological polar surface area (TPSA) is 89.5 Å². The summed E-state index contributed by atoms with van der Waals surface area (Å²) in [5.41, 5.74) is 1.82. The zero-order valence-electron chi connectivity index (χ0n) is 10.6. The van der Waals surface area contributed by atoms with Crippen molar-refractivity contribution in [3.63, 3.8) is 0 Å². The number of carbonyl (C=O) groups is 1. The van der Waals surface area contributed by atoms with Crippen molar-refractivity contribution in [2.24, 2.45) is 0 Å². The highest BCUT2D eigenvalue weighted by Gasteiger charge is 2.35. The van der Waals surface area contributed by atoms with E-state index in [1.54, 1.807) is 6.07 Å². The Bertz CT molecular complexity index is 657. The molecule has 1 aromatic carbocycles. The fourth-order valence-electron chi connectivity index (χ4n) is 2.65. The van der Waals surface area contributed by atoms with E-state index < -0.39 is 6.10 Å². The van der Waals surface area contributed by atoms with E-state index in [9.17, 15) is 15.0 Å². The molecule has 1 saturated heterocycles. The number of β-amino-alcohol motifs (C(OH)–C–C–N with tert-alkyl or cyclic N) is 1. The minimum atomic E-state index is -0.585. The van der Waals surface area contributed by atoms with Gasteiger partial charge in [0, 0.05) is 11.0 Å². The van der Waals surface area contributed by atoms with Crippen molar-refractivity contribution in [1.82, 2.24) is 14.9 Å². The summed E-state index contributed by atoms with van der Waals surface area (Å²) < 4.78 is 0.776. The van der Waals surface area contributed by atoms with Gasteiger partial charge in [0.05, 0.1) is 36.2 Å². The van der Waals surface area contributed by atoms with E-state index in [0.717, 1.165) is 9.99 Å². The predicted octanol–water partition coefficient (Wildman–Crippen LogP) is 0.893. The molecular weight excluding hydrogens is 326 g/mol. The first kappa shape index (κ1) is 13.5. The van der Waals surface area contributed by atoms with Crippen LogP contribution in [0.5, 0.6) is 0 Å². The minimum Gasteiger partial charge on any atom is -0.394 e. The number of fused-ring (bicyclic) bond motifs is 1. The van der Waals surface area contributed by atoms with Crippen molar-refractivity contribution >= 4 is 32.9 Å². The molecule has 2 atom stereocenters. The SMILES string of the molecule is O=C(c1cc(Br)cc2[nH]cnc12)N1C[C@H](O)C[C@H]1CO. The smallest absolute Gasteiger partial charge is 0.256 e. The lowest BCUT2D eigenvalue weighted by Gasteiger charge is -2.23. The Morgan fingerprint density at radius 2 is 2.35 bits per heavy atom. The molecule has 2 heterocycles. The van der Waals surface area contributed by atoms with Crippen molar-refractivity contribution in [3.05, 3.63) is 28.5 Å². The lowest BCUT2D eigenvalue weighted by molar-refractivity contribution is 0.0666. The second-order valence-corrected chi connectivity index (χ2v) is 5.85. The highest BCUT2D eigenvalue weighted by atomic mass is 79.9. The molecular formula is C13H14BrN3O3. The molecule has 106 valence electrons. The molecule has 2 aromatic rings. The van der Waals surface area contributed by atoms with E-state index in [1.165, 1.54) is 11.2 Å². The van der Waals surface area contributed by atoms with Crippen LogP contribution in [0.15, 0.2) is 22.9 Å². The molecule has 0 radical (unpaired) electrons. The van der Waals surface area contributed by atoms with Crippen LogP contribution in [0, 0.1) is 0 Å². The normalized spacial score (nSPS) is 22.6. The number of halogens is 1. The number of imidazole rings is 1. The lowest BCUT2D eigenvalue weighted by atomic mass is 10.1. The van der Waals surface area contributed by atoms with Crippen molar-refractivity contribution in [2.75, 3.05) is 13.2 Å². The standard InChI is InChI=1S/C13H14BrN3O3/c14-7-1-10(12-11(2-7)15-6-16-12)13(20)17-4-9(19)3-8(17)5-18/h1-2,6,8-9,18-19H,3-5H2,(H,15,16)/t8-,9+/m0/s1.